The van der Waals surface area contributed by atoms with Crippen LogP contribution in [-0.4, -0.2) is 24.3 Å². The van der Waals surface area contributed by atoms with E-state index in [9.17, 15) is 0 Å². The van der Waals surface area contributed by atoms with Crippen LogP contribution in [0.2, 0.25) is 0 Å². The minimum absolute atomic E-state index is 1.03. The minimum atomic E-state index is 1.03. The SMILES string of the molecule is CNCCSc1cc(C)cc(C)n1. The molecule has 0 saturated heterocycles. The lowest BCUT2D eigenvalue weighted by Gasteiger charge is -2.03. The molecule has 0 atom stereocenters. The zero-order valence-electron chi connectivity index (χ0n) is 8.42. The number of aromatic nitrogens is 1. The van der Waals surface area contributed by atoms with Gasteiger partial charge >= 0.3 is 0 Å². The molecule has 0 aliphatic rings. The van der Waals surface area contributed by atoms with Crippen molar-refractivity contribution in [2.45, 2.75) is 18.9 Å². The van der Waals surface area contributed by atoms with Gasteiger partial charge in [-0.15, -0.1) is 11.8 Å². The average molecular weight is 196 g/mol. The van der Waals surface area contributed by atoms with Crippen molar-refractivity contribution < 1.29 is 0 Å². The fourth-order valence-electron chi connectivity index (χ4n) is 1.14. The van der Waals surface area contributed by atoms with Crippen molar-refractivity contribution in [1.29, 1.82) is 0 Å². The first kappa shape index (κ1) is 10.5. The first-order valence-corrected chi connectivity index (χ1v) is 5.43. The van der Waals surface area contributed by atoms with Crippen LogP contribution in [0.1, 0.15) is 11.3 Å². The lowest BCUT2D eigenvalue weighted by molar-refractivity contribution is 0.870. The van der Waals surface area contributed by atoms with Crippen molar-refractivity contribution in [2.75, 3.05) is 19.3 Å². The summed E-state index contributed by atoms with van der Waals surface area (Å²) in [6.45, 7) is 5.17. The van der Waals surface area contributed by atoms with Gasteiger partial charge in [0.1, 0.15) is 0 Å². The molecule has 0 unspecified atom stereocenters. The zero-order chi connectivity index (χ0) is 9.68. The van der Waals surface area contributed by atoms with E-state index in [0.717, 1.165) is 23.0 Å². The van der Waals surface area contributed by atoms with Crippen LogP contribution in [0, 0.1) is 13.8 Å². The number of pyridine rings is 1. The number of thioether (sulfide) groups is 1. The van der Waals surface area contributed by atoms with E-state index in [-0.39, 0.29) is 0 Å². The molecule has 3 heteroatoms. The van der Waals surface area contributed by atoms with Gasteiger partial charge in [-0.05, 0) is 38.6 Å². The van der Waals surface area contributed by atoms with Crippen LogP contribution in [0.25, 0.3) is 0 Å². The van der Waals surface area contributed by atoms with E-state index in [2.05, 4.69) is 29.4 Å². The van der Waals surface area contributed by atoms with Gasteiger partial charge in [-0.25, -0.2) is 4.98 Å². The summed E-state index contributed by atoms with van der Waals surface area (Å²) >= 11 is 1.80. The molecule has 0 radical (unpaired) electrons. The molecule has 0 aliphatic carbocycles. The van der Waals surface area contributed by atoms with E-state index in [0.29, 0.717) is 0 Å². The molecule has 2 nitrogen and oxygen atoms in total. The van der Waals surface area contributed by atoms with Crippen molar-refractivity contribution in [2.24, 2.45) is 0 Å². The number of aryl methyl sites for hydroxylation is 2. The van der Waals surface area contributed by atoms with Crippen LogP contribution in [-0.2, 0) is 0 Å². The predicted molar refractivity (Wildman–Crippen MR) is 58.4 cm³/mol. The highest BCUT2D eigenvalue weighted by molar-refractivity contribution is 7.99. The van der Waals surface area contributed by atoms with Gasteiger partial charge in [0.15, 0.2) is 0 Å². The maximum absolute atomic E-state index is 4.44. The monoisotopic (exact) mass is 196 g/mol. The third-order valence-corrected chi connectivity index (χ3v) is 2.59. The van der Waals surface area contributed by atoms with E-state index >= 15 is 0 Å². The third-order valence-electron chi connectivity index (χ3n) is 1.68. The van der Waals surface area contributed by atoms with Gasteiger partial charge in [0.2, 0.25) is 0 Å². The fourth-order valence-corrected chi connectivity index (χ4v) is 2.13. The van der Waals surface area contributed by atoms with Gasteiger partial charge in [-0.2, -0.15) is 0 Å². The highest BCUT2D eigenvalue weighted by atomic mass is 32.2. The summed E-state index contributed by atoms with van der Waals surface area (Å²) in [6.07, 6.45) is 0. The Bertz CT molecular complexity index is 253. The Balaban J connectivity index is 2.56. The Morgan fingerprint density at radius 2 is 2.15 bits per heavy atom. The van der Waals surface area contributed by atoms with Crippen molar-refractivity contribution >= 4 is 11.8 Å². The Morgan fingerprint density at radius 1 is 1.38 bits per heavy atom. The maximum atomic E-state index is 4.44. The number of hydrogen-bond acceptors (Lipinski definition) is 3. The fraction of sp³-hybridized carbons (Fsp3) is 0.500. The molecule has 0 bridgehead atoms. The van der Waals surface area contributed by atoms with E-state index in [1.165, 1.54) is 5.56 Å². The third kappa shape index (κ3) is 3.79. The van der Waals surface area contributed by atoms with Crippen LogP contribution < -0.4 is 5.32 Å². The van der Waals surface area contributed by atoms with Gasteiger partial charge in [0.25, 0.3) is 0 Å². The first-order valence-electron chi connectivity index (χ1n) is 4.45. The molecule has 0 aromatic carbocycles. The molecule has 1 N–H and O–H groups in total. The largest absolute Gasteiger partial charge is 0.319 e. The van der Waals surface area contributed by atoms with Gasteiger partial charge in [0.05, 0.1) is 5.03 Å². The summed E-state index contributed by atoms with van der Waals surface area (Å²) in [7, 11) is 1.97. The summed E-state index contributed by atoms with van der Waals surface area (Å²) in [5, 5.41) is 4.25. The Morgan fingerprint density at radius 3 is 2.77 bits per heavy atom. The highest BCUT2D eigenvalue weighted by Crippen LogP contribution is 2.16. The molecular weight excluding hydrogens is 180 g/mol. The Kier molecular flexibility index (Phi) is 4.25. The molecular formula is C10H16N2S. The van der Waals surface area contributed by atoms with Crippen LogP contribution in [0.5, 0.6) is 0 Å². The minimum Gasteiger partial charge on any atom is -0.319 e. The number of hydrogen-bond donors (Lipinski definition) is 1. The first-order chi connectivity index (χ1) is 6.22. The topological polar surface area (TPSA) is 24.9 Å². The highest BCUT2D eigenvalue weighted by Gasteiger charge is 1.97. The van der Waals surface area contributed by atoms with Crippen molar-refractivity contribution in [3.8, 4) is 0 Å². The quantitative estimate of drug-likeness (QED) is 0.589. The molecule has 0 amide bonds. The Labute approximate surface area is 84.1 Å². The smallest absolute Gasteiger partial charge is 0.0966 e. The Hall–Kier alpha value is -0.540. The van der Waals surface area contributed by atoms with Crippen LogP contribution in [0.4, 0.5) is 0 Å². The molecule has 13 heavy (non-hydrogen) atoms. The summed E-state index contributed by atoms with van der Waals surface area (Å²) in [4.78, 5) is 4.44. The normalized spacial score (nSPS) is 10.4. The van der Waals surface area contributed by atoms with E-state index in [1.807, 2.05) is 14.0 Å². The molecule has 0 spiro atoms. The van der Waals surface area contributed by atoms with E-state index in [1.54, 1.807) is 11.8 Å². The van der Waals surface area contributed by atoms with Crippen molar-refractivity contribution in [1.82, 2.24) is 10.3 Å². The second kappa shape index (κ2) is 5.25. The average Bonchev–Trinajstić information content (AvgIpc) is 2.03. The molecule has 0 aliphatic heterocycles. The molecule has 1 rings (SSSR count). The lowest BCUT2D eigenvalue weighted by Crippen LogP contribution is -2.09. The summed E-state index contributed by atoms with van der Waals surface area (Å²) in [5.41, 5.74) is 2.39. The van der Waals surface area contributed by atoms with Crippen LogP contribution in [0.3, 0.4) is 0 Å². The predicted octanol–water partition coefficient (Wildman–Crippen LogP) is 2.01. The van der Waals surface area contributed by atoms with Gasteiger partial charge in [-0.3, -0.25) is 0 Å². The van der Waals surface area contributed by atoms with E-state index in [4.69, 9.17) is 0 Å². The van der Waals surface area contributed by atoms with E-state index < -0.39 is 0 Å². The van der Waals surface area contributed by atoms with Crippen LogP contribution in [0.15, 0.2) is 17.2 Å². The van der Waals surface area contributed by atoms with Gasteiger partial charge in [-0.1, -0.05) is 0 Å². The molecule has 0 fully saturated rings. The molecule has 72 valence electrons. The second-order valence-corrected chi connectivity index (χ2v) is 4.19. The zero-order valence-corrected chi connectivity index (χ0v) is 9.24. The summed E-state index contributed by atoms with van der Waals surface area (Å²) in [6, 6.07) is 4.23. The van der Waals surface area contributed by atoms with Gasteiger partial charge < -0.3 is 5.32 Å². The standard InChI is InChI=1S/C10H16N2S/c1-8-6-9(2)12-10(7-8)13-5-4-11-3/h6-7,11H,4-5H2,1-3H3. The maximum Gasteiger partial charge on any atom is 0.0966 e. The number of nitrogens with zero attached hydrogens (tertiary/aromatic N) is 1. The lowest BCUT2D eigenvalue weighted by atomic mass is 10.3. The van der Waals surface area contributed by atoms with Crippen LogP contribution >= 0.6 is 11.8 Å². The summed E-state index contributed by atoms with van der Waals surface area (Å²) in [5.74, 6) is 1.08. The van der Waals surface area contributed by atoms with Crippen molar-refractivity contribution in [3.63, 3.8) is 0 Å². The van der Waals surface area contributed by atoms with Crippen molar-refractivity contribution in [3.05, 3.63) is 23.4 Å². The molecule has 1 aromatic rings. The number of nitrogens with one attached hydrogen (secondary N) is 1. The molecule has 1 aromatic heterocycles. The van der Waals surface area contributed by atoms with Gasteiger partial charge in [0, 0.05) is 18.0 Å². The molecule has 1 heterocycles. The second-order valence-electron chi connectivity index (χ2n) is 3.08. The summed E-state index contributed by atoms with van der Waals surface area (Å²) < 4.78 is 0. The number of rotatable bonds is 4. The molecule has 0 saturated carbocycles.